The van der Waals surface area contributed by atoms with Gasteiger partial charge in [0.25, 0.3) is 0 Å². The molecule has 8 heteroatoms. The molecule has 5 rings (SSSR count). The number of rotatable bonds is 3. The molecule has 158 valence electrons. The molecule has 1 aromatic carbocycles. The highest BCUT2D eigenvalue weighted by molar-refractivity contribution is 14.1. The molecule has 5 nitrogen and oxygen atoms in total. The summed E-state index contributed by atoms with van der Waals surface area (Å²) in [6.45, 7) is 0.878. The fourth-order valence-electron chi connectivity index (χ4n) is 4.06. The maximum atomic E-state index is 14.3. The van der Waals surface area contributed by atoms with Crippen molar-refractivity contribution in [3.63, 3.8) is 0 Å². The highest BCUT2D eigenvalue weighted by Crippen LogP contribution is 2.34. The van der Waals surface area contributed by atoms with Gasteiger partial charge in [-0.2, -0.15) is 0 Å². The Morgan fingerprint density at radius 3 is 2.71 bits per heavy atom. The fourth-order valence-corrected chi connectivity index (χ4v) is 5.32. The van der Waals surface area contributed by atoms with E-state index in [1.807, 2.05) is 12.4 Å². The van der Waals surface area contributed by atoms with E-state index in [1.165, 1.54) is 18.2 Å². The van der Waals surface area contributed by atoms with Crippen LogP contribution in [0.15, 0.2) is 55.0 Å². The molecule has 0 amide bonds. The molecule has 0 radical (unpaired) electrons. The molecular weight excluding hydrogens is 511 g/mol. The summed E-state index contributed by atoms with van der Waals surface area (Å²) in [7, 11) is 0. The highest BCUT2D eigenvalue weighted by atomic mass is 127. The third kappa shape index (κ3) is 3.78. The number of benzene rings is 1. The number of alkyl halides is 1. The lowest BCUT2D eigenvalue weighted by Crippen LogP contribution is -2.44. The molecule has 4 heterocycles. The Morgan fingerprint density at radius 1 is 1.13 bits per heavy atom. The Hall–Kier alpha value is -2.59. The first-order valence-electron chi connectivity index (χ1n) is 10.1. The second-order valence-electron chi connectivity index (χ2n) is 7.74. The number of nitrogens with zero attached hydrogens (tertiary/aromatic N) is 3. The van der Waals surface area contributed by atoms with Crippen LogP contribution in [0.3, 0.4) is 0 Å². The van der Waals surface area contributed by atoms with Gasteiger partial charge in [0.1, 0.15) is 11.6 Å². The van der Waals surface area contributed by atoms with Gasteiger partial charge in [-0.05, 0) is 43.2 Å². The monoisotopic (exact) mass is 531 g/mol. The van der Waals surface area contributed by atoms with E-state index in [0.717, 1.165) is 41.7 Å². The topological polar surface area (TPSA) is 70.8 Å². The quantitative estimate of drug-likeness (QED) is 0.215. The van der Waals surface area contributed by atoms with Gasteiger partial charge in [0.05, 0.1) is 38.2 Å². The zero-order valence-corrected chi connectivity index (χ0v) is 18.7. The number of pyridine rings is 2. The third-order valence-electron chi connectivity index (χ3n) is 5.68. The number of fused-ring (bicyclic) bond motifs is 1. The summed E-state index contributed by atoms with van der Waals surface area (Å²) in [5.74, 6) is -1.27. The Labute approximate surface area is 191 Å². The number of halogens is 3. The number of H-pyrrole nitrogens is 1. The van der Waals surface area contributed by atoms with Crippen LogP contribution in [0.4, 0.5) is 14.5 Å². The molecule has 1 aliphatic heterocycles. The molecule has 0 bridgehead atoms. The van der Waals surface area contributed by atoms with E-state index in [0.29, 0.717) is 9.57 Å². The van der Waals surface area contributed by atoms with E-state index in [9.17, 15) is 8.78 Å². The van der Waals surface area contributed by atoms with Gasteiger partial charge >= 0.3 is 0 Å². The first-order chi connectivity index (χ1) is 15.0. The van der Waals surface area contributed by atoms with Crippen LogP contribution >= 0.6 is 22.6 Å². The predicted octanol–water partition coefficient (Wildman–Crippen LogP) is 5.26. The smallest absolute Gasteiger partial charge is 0.135 e. The van der Waals surface area contributed by atoms with Crippen molar-refractivity contribution in [3.05, 3.63) is 66.6 Å². The molecule has 2 atom stereocenters. The van der Waals surface area contributed by atoms with E-state index in [-0.39, 0.29) is 17.3 Å². The van der Waals surface area contributed by atoms with Gasteiger partial charge < -0.3 is 15.6 Å². The van der Waals surface area contributed by atoms with Gasteiger partial charge in [0, 0.05) is 36.1 Å². The molecule has 0 saturated carbocycles. The van der Waals surface area contributed by atoms with Crippen molar-refractivity contribution in [2.75, 3.05) is 11.4 Å². The zero-order valence-electron chi connectivity index (χ0n) is 16.5. The van der Waals surface area contributed by atoms with Crippen molar-refractivity contribution in [2.24, 2.45) is 5.73 Å². The number of nitrogens with one attached hydrogen (secondary N) is 1. The Kier molecular flexibility index (Phi) is 5.35. The molecule has 31 heavy (non-hydrogen) atoms. The summed E-state index contributed by atoms with van der Waals surface area (Å²) in [6, 6.07) is 9.54. The Bertz CT molecular complexity index is 1240. The van der Waals surface area contributed by atoms with Crippen LogP contribution in [-0.2, 0) is 0 Å². The summed E-state index contributed by atoms with van der Waals surface area (Å²) < 4.78 is 28.9. The summed E-state index contributed by atoms with van der Waals surface area (Å²) in [5.41, 5.74) is 10.4. The van der Waals surface area contributed by atoms with Gasteiger partial charge in [0.2, 0.25) is 0 Å². The summed E-state index contributed by atoms with van der Waals surface area (Å²) >= 11 is 2.42. The van der Waals surface area contributed by atoms with Crippen LogP contribution in [-0.4, -0.2) is 31.6 Å². The van der Waals surface area contributed by atoms with E-state index in [2.05, 4.69) is 48.5 Å². The molecule has 4 aromatic rings. The second kappa shape index (κ2) is 8.16. The second-order valence-corrected chi connectivity index (χ2v) is 9.17. The largest absolute Gasteiger partial charge is 0.359 e. The maximum absolute atomic E-state index is 14.3. The lowest BCUT2D eigenvalue weighted by Gasteiger charge is -2.36. The van der Waals surface area contributed by atoms with Crippen LogP contribution in [0, 0.1) is 11.6 Å². The average Bonchev–Trinajstić information content (AvgIpc) is 3.17. The van der Waals surface area contributed by atoms with E-state index in [1.54, 1.807) is 18.3 Å². The van der Waals surface area contributed by atoms with Crippen LogP contribution in [0.25, 0.3) is 33.4 Å². The van der Waals surface area contributed by atoms with Crippen LogP contribution in [0.2, 0.25) is 0 Å². The van der Waals surface area contributed by atoms with Gasteiger partial charge in [-0.3, -0.25) is 4.98 Å². The van der Waals surface area contributed by atoms with Crippen molar-refractivity contribution < 1.29 is 8.78 Å². The third-order valence-corrected chi connectivity index (χ3v) is 6.86. The lowest BCUT2D eigenvalue weighted by atomic mass is 10.0. The SMILES string of the molecule is NC1CCN(c2cncc(-c3c[nH]c4ccc(-c5c(F)cccc5F)nc34)c2)C(I)C1. The van der Waals surface area contributed by atoms with Crippen molar-refractivity contribution in [3.8, 4) is 22.4 Å². The summed E-state index contributed by atoms with van der Waals surface area (Å²) in [6.07, 6.45) is 7.36. The molecule has 2 unspecified atom stereocenters. The first-order valence-corrected chi connectivity index (χ1v) is 11.3. The summed E-state index contributed by atoms with van der Waals surface area (Å²) in [5, 5.41) is 0. The van der Waals surface area contributed by atoms with Crippen LogP contribution in [0.5, 0.6) is 0 Å². The Balaban J connectivity index is 1.57. The highest BCUT2D eigenvalue weighted by Gasteiger charge is 2.25. The summed E-state index contributed by atoms with van der Waals surface area (Å²) in [4.78, 5) is 14.6. The van der Waals surface area contributed by atoms with Gasteiger partial charge in [0.15, 0.2) is 0 Å². The van der Waals surface area contributed by atoms with Crippen LogP contribution in [0.1, 0.15) is 12.8 Å². The number of piperidine rings is 1. The average molecular weight is 531 g/mol. The lowest BCUT2D eigenvalue weighted by molar-refractivity contribution is 0.490. The van der Waals surface area contributed by atoms with Gasteiger partial charge in [-0.15, -0.1) is 0 Å². The van der Waals surface area contributed by atoms with Crippen molar-refractivity contribution in [1.29, 1.82) is 0 Å². The normalized spacial score (nSPS) is 19.2. The molecule has 0 spiro atoms. The van der Waals surface area contributed by atoms with Crippen LogP contribution < -0.4 is 10.6 Å². The minimum absolute atomic E-state index is 0.124. The molecular formula is C23H20F2IN5. The molecule has 0 aliphatic carbocycles. The van der Waals surface area contributed by atoms with Gasteiger partial charge in [-0.1, -0.05) is 28.7 Å². The van der Waals surface area contributed by atoms with E-state index < -0.39 is 11.6 Å². The number of hydrogen-bond acceptors (Lipinski definition) is 4. The first kappa shape index (κ1) is 20.3. The maximum Gasteiger partial charge on any atom is 0.135 e. The number of anilines is 1. The number of aromatic nitrogens is 3. The predicted molar refractivity (Wildman–Crippen MR) is 127 cm³/mol. The molecule has 1 aliphatic rings. The number of nitrogens with two attached hydrogens (primary N) is 1. The number of aromatic amines is 1. The van der Waals surface area contributed by atoms with E-state index in [4.69, 9.17) is 5.73 Å². The standard InChI is InChI=1S/C23H20F2IN5/c24-17-2-1-3-18(25)22(17)19-4-5-20-23(30-19)16(12-29-20)13-8-15(11-28-10-13)31-7-6-14(27)9-21(31)26/h1-5,8,10-12,14,21,29H,6-7,9,27H2. The fraction of sp³-hybridized carbons (Fsp3) is 0.217. The molecule has 3 aromatic heterocycles. The molecule has 3 N–H and O–H groups in total. The molecule has 1 saturated heterocycles. The molecule has 1 fully saturated rings. The number of hydrogen-bond donors (Lipinski definition) is 2. The minimum atomic E-state index is -0.635. The zero-order chi connectivity index (χ0) is 21.5. The van der Waals surface area contributed by atoms with E-state index >= 15 is 0 Å². The Morgan fingerprint density at radius 2 is 1.94 bits per heavy atom. The van der Waals surface area contributed by atoms with Gasteiger partial charge in [-0.25, -0.2) is 13.8 Å². The van der Waals surface area contributed by atoms with Crippen molar-refractivity contribution >= 4 is 39.3 Å². The van der Waals surface area contributed by atoms with Crippen molar-refractivity contribution in [1.82, 2.24) is 15.0 Å². The minimum Gasteiger partial charge on any atom is -0.359 e. The van der Waals surface area contributed by atoms with Crippen molar-refractivity contribution in [2.45, 2.75) is 22.9 Å².